The van der Waals surface area contributed by atoms with Gasteiger partial charge in [-0.3, -0.25) is 4.79 Å². The van der Waals surface area contributed by atoms with E-state index in [0.29, 0.717) is 10.2 Å². The van der Waals surface area contributed by atoms with Crippen LogP contribution in [0.5, 0.6) is 11.5 Å². The summed E-state index contributed by atoms with van der Waals surface area (Å²) in [4.78, 5) is 12.0. The number of hydrogen-bond acceptors (Lipinski definition) is 3. The second kappa shape index (κ2) is 5.91. The van der Waals surface area contributed by atoms with Crippen molar-refractivity contribution < 1.29 is 15.0 Å². The van der Waals surface area contributed by atoms with Gasteiger partial charge < -0.3 is 15.5 Å². The summed E-state index contributed by atoms with van der Waals surface area (Å²) in [6.45, 7) is 0. The number of nitrogens with one attached hydrogen (secondary N) is 1. The number of rotatable bonds is 2. The van der Waals surface area contributed by atoms with Gasteiger partial charge in [-0.1, -0.05) is 29.3 Å². The molecule has 0 heterocycles. The molecule has 2 aromatic carbocycles. The molecular weight excluding hydrogens is 369 g/mol. The van der Waals surface area contributed by atoms with E-state index in [2.05, 4.69) is 21.2 Å². The molecule has 0 fully saturated rings. The summed E-state index contributed by atoms with van der Waals surface area (Å²) in [6, 6.07) is 7.29. The maximum absolute atomic E-state index is 12.0. The molecule has 2 aromatic rings. The second-order valence-corrected chi connectivity index (χ2v) is 5.46. The fraction of sp³-hybridized carbons (Fsp3) is 0. The normalized spacial score (nSPS) is 10.3. The Morgan fingerprint density at radius 2 is 1.80 bits per heavy atom. The third-order valence-corrected chi connectivity index (χ3v) is 4.31. The highest BCUT2D eigenvalue weighted by atomic mass is 79.9. The lowest BCUT2D eigenvalue weighted by atomic mass is 10.1. The number of aromatic hydroxyl groups is 2. The Balaban J connectivity index is 2.33. The first kappa shape index (κ1) is 15.0. The van der Waals surface area contributed by atoms with Crippen LogP contribution in [0, 0.1) is 0 Å². The molecule has 0 atom stereocenters. The average Bonchev–Trinajstić information content (AvgIpc) is 2.42. The van der Waals surface area contributed by atoms with Crippen molar-refractivity contribution in [1.82, 2.24) is 0 Å². The maximum atomic E-state index is 12.0. The third-order valence-electron chi connectivity index (χ3n) is 2.54. The van der Waals surface area contributed by atoms with Crippen LogP contribution in [0.1, 0.15) is 10.4 Å². The Morgan fingerprint density at radius 3 is 2.50 bits per heavy atom. The van der Waals surface area contributed by atoms with Gasteiger partial charge in [0.15, 0.2) is 11.5 Å². The third kappa shape index (κ3) is 2.85. The molecule has 0 aliphatic heterocycles. The lowest BCUT2D eigenvalue weighted by molar-refractivity contribution is 0.102. The number of phenolic OH excluding ortho intramolecular Hbond substituents is 2. The van der Waals surface area contributed by atoms with Crippen LogP contribution in [0.3, 0.4) is 0 Å². The van der Waals surface area contributed by atoms with E-state index in [1.807, 2.05) is 0 Å². The van der Waals surface area contributed by atoms with E-state index in [1.54, 1.807) is 12.1 Å². The van der Waals surface area contributed by atoms with Gasteiger partial charge >= 0.3 is 0 Å². The molecule has 3 N–H and O–H groups in total. The summed E-state index contributed by atoms with van der Waals surface area (Å²) in [7, 11) is 0. The standard InChI is InChI=1S/C13H8BrCl2NO3/c14-7-4-5-8(11(16)10(7)15)17-13(20)6-2-1-3-9(18)12(6)19/h1-5,18-19H,(H,17,20). The molecule has 7 heteroatoms. The molecule has 20 heavy (non-hydrogen) atoms. The number of benzene rings is 2. The first-order chi connectivity index (χ1) is 9.41. The Kier molecular flexibility index (Phi) is 4.42. The number of amides is 1. The van der Waals surface area contributed by atoms with Crippen molar-refractivity contribution in [2.24, 2.45) is 0 Å². The summed E-state index contributed by atoms with van der Waals surface area (Å²) < 4.78 is 0.599. The van der Waals surface area contributed by atoms with Crippen molar-refractivity contribution in [1.29, 1.82) is 0 Å². The Morgan fingerprint density at radius 1 is 1.10 bits per heavy atom. The van der Waals surface area contributed by atoms with Crippen molar-refractivity contribution in [3.63, 3.8) is 0 Å². The molecule has 2 rings (SSSR count). The zero-order valence-corrected chi connectivity index (χ0v) is 12.9. The minimum atomic E-state index is -0.612. The number of carbonyl (C=O) groups is 1. The van der Waals surface area contributed by atoms with E-state index in [9.17, 15) is 15.0 Å². The molecule has 0 aliphatic carbocycles. The van der Waals surface area contributed by atoms with Gasteiger partial charge in [0.1, 0.15) is 0 Å². The molecule has 0 spiro atoms. The zero-order valence-electron chi connectivity index (χ0n) is 9.82. The fourth-order valence-electron chi connectivity index (χ4n) is 1.53. The van der Waals surface area contributed by atoms with Crippen LogP contribution >= 0.6 is 39.1 Å². The first-order valence-electron chi connectivity index (χ1n) is 5.37. The van der Waals surface area contributed by atoms with E-state index in [0.717, 1.165) is 0 Å². The summed E-state index contributed by atoms with van der Waals surface area (Å²) in [5, 5.41) is 22.0. The molecule has 0 radical (unpaired) electrons. The molecule has 1 amide bonds. The molecule has 0 unspecified atom stereocenters. The Labute approximate surface area is 133 Å². The van der Waals surface area contributed by atoms with E-state index < -0.39 is 11.7 Å². The largest absolute Gasteiger partial charge is 0.504 e. The minimum Gasteiger partial charge on any atom is -0.504 e. The quantitative estimate of drug-likeness (QED) is 0.536. The van der Waals surface area contributed by atoms with E-state index in [-0.39, 0.29) is 21.4 Å². The van der Waals surface area contributed by atoms with Crippen LogP contribution in [0.25, 0.3) is 0 Å². The van der Waals surface area contributed by atoms with Crippen molar-refractivity contribution in [3.8, 4) is 11.5 Å². The van der Waals surface area contributed by atoms with Gasteiger partial charge in [0, 0.05) is 4.47 Å². The molecule has 0 bridgehead atoms. The number of halogens is 3. The smallest absolute Gasteiger partial charge is 0.259 e. The molecule has 0 saturated heterocycles. The summed E-state index contributed by atoms with van der Waals surface area (Å²) in [6.07, 6.45) is 0. The second-order valence-electron chi connectivity index (χ2n) is 3.85. The first-order valence-corrected chi connectivity index (χ1v) is 6.92. The maximum Gasteiger partial charge on any atom is 0.259 e. The van der Waals surface area contributed by atoms with Crippen LogP contribution in [-0.4, -0.2) is 16.1 Å². The predicted molar refractivity (Wildman–Crippen MR) is 81.9 cm³/mol. The number of carbonyl (C=O) groups excluding carboxylic acids is 1. The highest BCUT2D eigenvalue weighted by Crippen LogP contribution is 2.36. The molecule has 0 saturated carbocycles. The monoisotopic (exact) mass is 375 g/mol. The number of hydrogen-bond donors (Lipinski definition) is 3. The highest BCUT2D eigenvalue weighted by Gasteiger charge is 2.16. The fourth-order valence-corrected chi connectivity index (χ4v) is 2.35. The SMILES string of the molecule is O=C(Nc1ccc(Br)c(Cl)c1Cl)c1cccc(O)c1O. The van der Waals surface area contributed by atoms with Gasteiger partial charge in [-0.25, -0.2) is 0 Å². The number of phenols is 2. The van der Waals surface area contributed by atoms with Crippen molar-refractivity contribution in [3.05, 3.63) is 50.4 Å². The van der Waals surface area contributed by atoms with E-state index >= 15 is 0 Å². The predicted octanol–water partition coefficient (Wildman–Crippen LogP) is 4.42. The Bertz CT molecular complexity index is 692. The van der Waals surface area contributed by atoms with Crippen LogP contribution in [0.4, 0.5) is 5.69 Å². The van der Waals surface area contributed by atoms with Crippen molar-refractivity contribution in [2.45, 2.75) is 0 Å². The van der Waals surface area contributed by atoms with Crippen LogP contribution < -0.4 is 5.32 Å². The highest BCUT2D eigenvalue weighted by molar-refractivity contribution is 9.10. The van der Waals surface area contributed by atoms with Gasteiger partial charge in [-0.05, 0) is 40.2 Å². The van der Waals surface area contributed by atoms with Gasteiger partial charge in [0.05, 0.1) is 21.3 Å². The topological polar surface area (TPSA) is 69.6 Å². The lowest BCUT2D eigenvalue weighted by Gasteiger charge is -2.10. The summed E-state index contributed by atoms with van der Waals surface area (Å²) in [5.74, 6) is -1.49. The molecule has 0 aliphatic rings. The summed E-state index contributed by atoms with van der Waals surface area (Å²) in [5.41, 5.74) is 0.229. The van der Waals surface area contributed by atoms with Gasteiger partial charge in [-0.15, -0.1) is 0 Å². The zero-order chi connectivity index (χ0) is 14.9. The molecule has 0 aromatic heterocycles. The van der Waals surface area contributed by atoms with Gasteiger partial charge in [-0.2, -0.15) is 0 Å². The number of anilines is 1. The van der Waals surface area contributed by atoms with Crippen LogP contribution in [-0.2, 0) is 0 Å². The number of para-hydroxylation sites is 1. The van der Waals surface area contributed by atoms with E-state index in [4.69, 9.17) is 23.2 Å². The molecule has 4 nitrogen and oxygen atoms in total. The van der Waals surface area contributed by atoms with Crippen molar-refractivity contribution in [2.75, 3.05) is 5.32 Å². The van der Waals surface area contributed by atoms with Crippen LogP contribution in [0.15, 0.2) is 34.8 Å². The summed E-state index contributed by atoms with van der Waals surface area (Å²) >= 11 is 15.2. The molecular formula is C13H8BrCl2NO3. The Hall–Kier alpha value is -1.43. The minimum absolute atomic E-state index is 0.0693. The lowest BCUT2D eigenvalue weighted by Crippen LogP contribution is -2.12. The van der Waals surface area contributed by atoms with Crippen LogP contribution in [0.2, 0.25) is 10.0 Å². The average molecular weight is 377 g/mol. The van der Waals surface area contributed by atoms with E-state index in [1.165, 1.54) is 18.2 Å². The molecule has 104 valence electrons. The van der Waals surface area contributed by atoms with Crippen molar-refractivity contribution >= 4 is 50.7 Å². The van der Waals surface area contributed by atoms with Gasteiger partial charge in [0.2, 0.25) is 0 Å². The van der Waals surface area contributed by atoms with Gasteiger partial charge in [0.25, 0.3) is 5.91 Å².